The first-order chi connectivity index (χ1) is 8.24. The number of nitrogens with one attached hydrogen (secondary N) is 1. The van der Waals surface area contributed by atoms with Gasteiger partial charge in [0.25, 0.3) is 5.91 Å². The molecule has 3 heteroatoms. The Bertz CT molecular complexity index is 378. The van der Waals surface area contributed by atoms with Crippen molar-refractivity contribution in [2.24, 2.45) is 0 Å². The molecule has 92 valence electrons. The Morgan fingerprint density at radius 2 is 1.82 bits per heavy atom. The van der Waals surface area contributed by atoms with E-state index in [0.29, 0.717) is 6.04 Å². The Hall–Kier alpha value is -1.51. The van der Waals surface area contributed by atoms with Crippen LogP contribution in [0.2, 0.25) is 0 Å². The average molecular weight is 232 g/mol. The molecular weight excluding hydrogens is 212 g/mol. The number of hydrogen-bond donors (Lipinski definition) is 1. The minimum Gasteiger partial charge on any atom is -0.372 e. The van der Waals surface area contributed by atoms with Crippen LogP contribution in [0.5, 0.6) is 0 Å². The van der Waals surface area contributed by atoms with E-state index in [1.165, 1.54) is 5.69 Å². The van der Waals surface area contributed by atoms with Crippen LogP contribution in [-0.4, -0.2) is 25.0 Å². The van der Waals surface area contributed by atoms with Gasteiger partial charge in [-0.2, -0.15) is 0 Å². The Balaban J connectivity index is 2.03. The summed E-state index contributed by atoms with van der Waals surface area (Å²) in [5.74, 6) is 0.0543. The Kier molecular flexibility index (Phi) is 3.67. The maximum atomic E-state index is 11.8. The van der Waals surface area contributed by atoms with Crippen LogP contribution in [0.3, 0.4) is 0 Å². The van der Waals surface area contributed by atoms with E-state index in [9.17, 15) is 4.79 Å². The lowest BCUT2D eigenvalue weighted by Crippen LogP contribution is -2.25. The molecule has 0 bridgehead atoms. The van der Waals surface area contributed by atoms with Crippen LogP contribution in [0, 0.1) is 0 Å². The maximum Gasteiger partial charge on any atom is 0.251 e. The summed E-state index contributed by atoms with van der Waals surface area (Å²) >= 11 is 0. The molecule has 0 aliphatic heterocycles. The Morgan fingerprint density at radius 1 is 1.24 bits per heavy atom. The zero-order valence-electron chi connectivity index (χ0n) is 10.6. The molecule has 0 unspecified atom stereocenters. The summed E-state index contributed by atoms with van der Waals surface area (Å²) in [6.45, 7) is 6.25. The van der Waals surface area contributed by atoms with Crippen molar-refractivity contribution in [1.29, 1.82) is 0 Å². The standard InChI is InChI=1S/C14H20N2O/c1-3-16(4-2)13-9-5-11(6-10-13)14(17)15-12-7-8-12/h5-6,9-10,12H,3-4,7-8H2,1-2H3,(H,15,17). The van der Waals surface area contributed by atoms with Crippen molar-refractivity contribution >= 4 is 11.6 Å². The Morgan fingerprint density at radius 3 is 2.29 bits per heavy atom. The highest BCUT2D eigenvalue weighted by Gasteiger charge is 2.23. The van der Waals surface area contributed by atoms with Crippen molar-refractivity contribution in [3.63, 3.8) is 0 Å². The topological polar surface area (TPSA) is 32.3 Å². The zero-order chi connectivity index (χ0) is 12.3. The van der Waals surface area contributed by atoms with Gasteiger partial charge in [-0.3, -0.25) is 4.79 Å². The SMILES string of the molecule is CCN(CC)c1ccc(C(=O)NC2CC2)cc1. The molecule has 0 saturated heterocycles. The van der Waals surface area contributed by atoms with Gasteiger partial charge >= 0.3 is 0 Å². The normalized spacial score (nSPS) is 14.5. The van der Waals surface area contributed by atoms with Crippen molar-refractivity contribution in [1.82, 2.24) is 5.32 Å². The van der Waals surface area contributed by atoms with Gasteiger partial charge in [-0.1, -0.05) is 0 Å². The van der Waals surface area contributed by atoms with Gasteiger partial charge in [0.05, 0.1) is 0 Å². The fourth-order valence-corrected chi connectivity index (χ4v) is 1.91. The minimum absolute atomic E-state index is 0.0543. The van der Waals surface area contributed by atoms with Crippen LogP contribution < -0.4 is 10.2 Å². The number of hydrogen-bond acceptors (Lipinski definition) is 2. The van der Waals surface area contributed by atoms with Crippen molar-refractivity contribution < 1.29 is 4.79 Å². The fraction of sp³-hybridized carbons (Fsp3) is 0.500. The predicted molar refractivity (Wildman–Crippen MR) is 70.5 cm³/mol. The van der Waals surface area contributed by atoms with E-state index in [1.54, 1.807) is 0 Å². The van der Waals surface area contributed by atoms with Crippen LogP contribution in [-0.2, 0) is 0 Å². The zero-order valence-corrected chi connectivity index (χ0v) is 10.6. The molecule has 1 saturated carbocycles. The summed E-state index contributed by atoms with van der Waals surface area (Å²) in [7, 11) is 0. The molecule has 0 spiro atoms. The van der Waals surface area contributed by atoms with Crippen LogP contribution in [0.1, 0.15) is 37.0 Å². The first-order valence-electron chi connectivity index (χ1n) is 6.40. The fourth-order valence-electron chi connectivity index (χ4n) is 1.91. The second-order valence-electron chi connectivity index (χ2n) is 4.47. The first kappa shape index (κ1) is 12.0. The Labute approximate surface area is 103 Å². The second kappa shape index (κ2) is 5.21. The summed E-state index contributed by atoms with van der Waals surface area (Å²) < 4.78 is 0. The molecule has 2 rings (SSSR count). The lowest BCUT2D eigenvalue weighted by molar-refractivity contribution is 0.0951. The molecule has 0 aromatic heterocycles. The van der Waals surface area contributed by atoms with Gasteiger partial charge < -0.3 is 10.2 Å². The molecule has 1 amide bonds. The van der Waals surface area contributed by atoms with Gasteiger partial charge in [-0.05, 0) is 51.0 Å². The summed E-state index contributed by atoms with van der Waals surface area (Å²) in [5.41, 5.74) is 1.94. The van der Waals surface area contributed by atoms with Gasteiger partial charge in [0.2, 0.25) is 0 Å². The highest BCUT2D eigenvalue weighted by molar-refractivity contribution is 5.94. The number of anilines is 1. The van der Waals surface area contributed by atoms with E-state index in [1.807, 2.05) is 24.3 Å². The lowest BCUT2D eigenvalue weighted by atomic mass is 10.2. The van der Waals surface area contributed by atoms with Crippen LogP contribution >= 0.6 is 0 Å². The number of rotatable bonds is 5. The van der Waals surface area contributed by atoms with Gasteiger partial charge in [0.1, 0.15) is 0 Å². The monoisotopic (exact) mass is 232 g/mol. The van der Waals surface area contributed by atoms with Gasteiger partial charge in [0, 0.05) is 30.4 Å². The molecule has 17 heavy (non-hydrogen) atoms. The molecule has 3 nitrogen and oxygen atoms in total. The number of carbonyl (C=O) groups excluding carboxylic acids is 1. The molecule has 1 N–H and O–H groups in total. The quantitative estimate of drug-likeness (QED) is 0.845. The van der Waals surface area contributed by atoms with E-state index in [4.69, 9.17) is 0 Å². The van der Waals surface area contributed by atoms with Crippen molar-refractivity contribution in [2.75, 3.05) is 18.0 Å². The molecule has 1 aliphatic rings. The molecule has 1 aromatic carbocycles. The molecule has 1 aliphatic carbocycles. The van der Waals surface area contributed by atoms with Gasteiger partial charge in [-0.25, -0.2) is 0 Å². The smallest absolute Gasteiger partial charge is 0.251 e. The van der Waals surface area contributed by atoms with Gasteiger partial charge in [-0.15, -0.1) is 0 Å². The molecular formula is C14H20N2O. The first-order valence-corrected chi connectivity index (χ1v) is 6.40. The van der Waals surface area contributed by atoms with Crippen molar-refractivity contribution in [3.8, 4) is 0 Å². The van der Waals surface area contributed by atoms with Crippen LogP contribution in [0.25, 0.3) is 0 Å². The van der Waals surface area contributed by atoms with E-state index in [2.05, 4.69) is 24.1 Å². The highest BCUT2D eigenvalue weighted by Crippen LogP contribution is 2.20. The van der Waals surface area contributed by atoms with E-state index >= 15 is 0 Å². The van der Waals surface area contributed by atoms with Crippen LogP contribution in [0.4, 0.5) is 5.69 Å². The summed E-state index contributed by atoms with van der Waals surface area (Å²) in [5, 5.41) is 2.99. The summed E-state index contributed by atoms with van der Waals surface area (Å²) in [6, 6.07) is 8.28. The number of carbonyl (C=O) groups is 1. The average Bonchev–Trinajstić information content (AvgIpc) is 3.15. The number of nitrogens with zero attached hydrogens (tertiary/aromatic N) is 1. The molecule has 1 aromatic rings. The highest BCUT2D eigenvalue weighted by atomic mass is 16.1. The number of amides is 1. The number of benzene rings is 1. The van der Waals surface area contributed by atoms with Crippen LogP contribution in [0.15, 0.2) is 24.3 Å². The molecule has 0 radical (unpaired) electrons. The lowest BCUT2D eigenvalue weighted by Gasteiger charge is -2.21. The third-order valence-corrected chi connectivity index (χ3v) is 3.17. The van der Waals surface area contributed by atoms with E-state index < -0.39 is 0 Å². The summed E-state index contributed by atoms with van der Waals surface area (Å²) in [6.07, 6.45) is 2.26. The molecule has 0 atom stereocenters. The van der Waals surface area contributed by atoms with E-state index in [-0.39, 0.29) is 5.91 Å². The van der Waals surface area contributed by atoms with Crippen molar-refractivity contribution in [3.05, 3.63) is 29.8 Å². The minimum atomic E-state index is 0.0543. The maximum absolute atomic E-state index is 11.8. The molecule has 0 heterocycles. The summed E-state index contributed by atoms with van der Waals surface area (Å²) in [4.78, 5) is 14.1. The third kappa shape index (κ3) is 2.99. The predicted octanol–water partition coefficient (Wildman–Crippen LogP) is 2.43. The van der Waals surface area contributed by atoms with E-state index in [0.717, 1.165) is 31.5 Å². The van der Waals surface area contributed by atoms with Gasteiger partial charge in [0.15, 0.2) is 0 Å². The second-order valence-corrected chi connectivity index (χ2v) is 4.47. The largest absolute Gasteiger partial charge is 0.372 e. The van der Waals surface area contributed by atoms with Crippen molar-refractivity contribution in [2.45, 2.75) is 32.7 Å². The molecule has 1 fully saturated rings. The third-order valence-electron chi connectivity index (χ3n) is 3.17.